The molecule has 7 heteroatoms. The first-order valence-corrected chi connectivity index (χ1v) is 6.42. The van der Waals surface area contributed by atoms with Gasteiger partial charge in [0.1, 0.15) is 0 Å². The molecular weight excluding hydrogens is 262 g/mol. The molecule has 0 saturated heterocycles. The molecular formula is C13H25N3O4. The molecule has 0 aliphatic rings. The normalized spacial score (nSPS) is 13.4. The molecule has 0 rings (SSSR count). The third-order valence-corrected chi connectivity index (χ3v) is 3.09. The van der Waals surface area contributed by atoms with Gasteiger partial charge in [0, 0.05) is 12.6 Å². The monoisotopic (exact) mass is 287 g/mol. The van der Waals surface area contributed by atoms with E-state index in [1.54, 1.807) is 13.8 Å². The minimum atomic E-state index is -0.984. The summed E-state index contributed by atoms with van der Waals surface area (Å²) in [5.41, 5.74) is 3.95. The molecule has 0 saturated carbocycles. The van der Waals surface area contributed by atoms with E-state index in [4.69, 9.17) is 10.8 Å². The zero-order valence-corrected chi connectivity index (χ0v) is 12.7. The zero-order chi connectivity index (χ0) is 16.1. The van der Waals surface area contributed by atoms with Crippen LogP contribution in [0.4, 0.5) is 4.79 Å². The zero-order valence-electron chi connectivity index (χ0n) is 12.7. The Morgan fingerprint density at radius 2 is 1.65 bits per heavy atom. The average Bonchev–Trinajstić information content (AvgIpc) is 2.23. The molecule has 116 valence electrons. The molecule has 0 aliphatic carbocycles. The van der Waals surface area contributed by atoms with Gasteiger partial charge in [-0.2, -0.15) is 0 Å². The fraction of sp³-hybridized carbons (Fsp3) is 0.769. The van der Waals surface area contributed by atoms with E-state index in [0.717, 1.165) is 0 Å². The van der Waals surface area contributed by atoms with Crippen LogP contribution in [-0.2, 0) is 9.59 Å². The molecule has 5 N–H and O–H groups in total. The van der Waals surface area contributed by atoms with Crippen molar-refractivity contribution in [3.63, 3.8) is 0 Å². The molecule has 7 nitrogen and oxygen atoms in total. The molecule has 0 aromatic rings. The first-order chi connectivity index (χ1) is 8.86. The van der Waals surface area contributed by atoms with Crippen molar-refractivity contribution in [2.45, 2.75) is 47.1 Å². The summed E-state index contributed by atoms with van der Waals surface area (Å²) in [5, 5.41) is 14.0. The fourth-order valence-corrected chi connectivity index (χ4v) is 1.35. The van der Waals surface area contributed by atoms with Crippen LogP contribution in [0.5, 0.6) is 0 Å². The van der Waals surface area contributed by atoms with Gasteiger partial charge in [-0.25, -0.2) is 4.79 Å². The van der Waals surface area contributed by atoms with Crippen LogP contribution in [0.25, 0.3) is 0 Å². The number of carbonyl (C=O) groups excluding carboxylic acids is 2. The minimum Gasteiger partial charge on any atom is -0.481 e. The van der Waals surface area contributed by atoms with Crippen LogP contribution in [0.2, 0.25) is 0 Å². The van der Waals surface area contributed by atoms with Gasteiger partial charge in [0.15, 0.2) is 0 Å². The van der Waals surface area contributed by atoms with Crippen LogP contribution < -0.4 is 16.4 Å². The lowest BCUT2D eigenvalue weighted by molar-refractivity contribution is -0.138. The molecule has 1 atom stereocenters. The smallest absolute Gasteiger partial charge is 0.315 e. The van der Waals surface area contributed by atoms with E-state index in [1.165, 1.54) is 0 Å². The van der Waals surface area contributed by atoms with E-state index in [-0.39, 0.29) is 13.0 Å². The van der Waals surface area contributed by atoms with Gasteiger partial charge < -0.3 is 21.5 Å². The molecule has 0 aromatic heterocycles. The molecule has 3 amide bonds. The van der Waals surface area contributed by atoms with Gasteiger partial charge in [0.05, 0.1) is 11.8 Å². The Labute approximate surface area is 119 Å². The minimum absolute atomic E-state index is 0.0814. The number of amides is 3. The van der Waals surface area contributed by atoms with Crippen LogP contribution in [0.3, 0.4) is 0 Å². The third-order valence-electron chi connectivity index (χ3n) is 3.09. The summed E-state index contributed by atoms with van der Waals surface area (Å²) in [4.78, 5) is 33.7. The third kappa shape index (κ3) is 6.40. The summed E-state index contributed by atoms with van der Waals surface area (Å²) >= 11 is 0. The predicted octanol–water partition coefficient (Wildman–Crippen LogP) is 0.687. The standard InChI is InChI=1S/C13H25N3O4/c1-12(2,3)8(6-9(17)18)16-11(20)15-7-13(4,5)10(14)19/h8H,6-7H2,1-5H3,(H2,14,19)(H,17,18)(H2,15,16,20). The Balaban J connectivity index is 4.56. The Morgan fingerprint density at radius 1 is 1.15 bits per heavy atom. The molecule has 0 aliphatic heterocycles. The quantitative estimate of drug-likeness (QED) is 0.574. The van der Waals surface area contributed by atoms with Gasteiger partial charge >= 0.3 is 12.0 Å². The second kappa shape index (κ2) is 6.58. The van der Waals surface area contributed by atoms with Crippen molar-refractivity contribution in [3.05, 3.63) is 0 Å². The van der Waals surface area contributed by atoms with Crippen LogP contribution in [-0.4, -0.2) is 35.6 Å². The van der Waals surface area contributed by atoms with Gasteiger partial charge in [0.2, 0.25) is 5.91 Å². The summed E-state index contributed by atoms with van der Waals surface area (Å²) in [6.07, 6.45) is -0.171. The fourth-order valence-electron chi connectivity index (χ4n) is 1.35. The number of rotatable bonds is 6. The van der Waals surface area contributed by atoms with Gasteiger partial charge in [-0.05, 0) is 19.3 Å². The highest BCUT2D eigenvalue weighted by Gasteiger charge is 2.30. The molecule has 0 fully saturated rings. The number of carbonyl (C=O) groups is 3. The number of hydrogen-bond donors (Lipinski definition) is 4. The highest BCUT2D eigenvalue weighted by atomic mass is 16.4. The summed E-state index contributed by atoms with van der Waals surface area (Å²) in [6, 6.07) is -1.03. The van der Waals surface area contributed by atoms with E-state index in [1.807, 2.05) is 20.8 Å². The summed E-state index contributed by atoms with van der Waals surface area (Å²) in [6.45, 7) is 8.84. The summed E-state index contributed by atoms with van der Waals surface area (Å²) in [5.74, 6) is -1.50. The number of urea groups is 1. The predicted molar refractivity (Wildman–Crippen MR) is 75.0 cm³/mol. The lowest BCUT2D eigenvalue weighted by Crippen LogP contribution is -2.51. The van der Waals surface area contributed by atoms with Gasteiger partial charge in [-0.3, -0.25) is 9.59 Å². The van der Waals surface area contributed by atoms with Crippen LogP contribution in [0.15, 0.2) is 0 Å². The number of carboxylic acid groups (broad SMARTS) is 1. The lowest BCUT2D eigenvalue weighted by Gasteiger charge is -2.31. The number of nitrogens with one attached hydrogen (secondary N) is 2. The Kier molecular flexibility index (Phi) is 5.99. The second-order valence-corrected chi connectivity index (χ2v) is 6.59. The Bertz CT molecular complexity index is 386. The molecule has 0 aromatic carbocycles. The first-order valence-electron chi connectivity index (χ1n) is 6.42. The van der Waals surface area contributed by atoms with Crippen LogP contribution >= 0.6 is 0 Å². The average molecular weight is 287 g/mol. The molecule has 0 heterocycles. The van der Waals surface area contributed by atoms with E-state index >= 15 is 0 Å². The number of nitrogens with two attached hydrogens (primary N) is 1. The highest BCUT2D eigenvalue weighted by Crippen LogP contribution is 2.21. The maximum atomic E-state index is 11.8. The maximum Gasteiger partial charge on any atom is 0.315 e. The number of primary amides is 1. The molecule has 20 heavy (non-hydrogen) atoms. The number of aliphatic carboxylic acids is 1. The Morgan fingerprint density at radius 3 is 2.00 bits per heavy atom. The van der Waals surface area contributed by atoms with E-state index in [2.05, 4.69) is 10.6 Å². The van der Waals surface area contributed by atoms with Crippen LogP contribution in [0.1, 0.15) is 41.0 Å². The van der Waals surface area contributed by atoms with Crippen molar-refractivity contribution in [2.75, 3.05) is 6.54 Å². The first kappa shape index (κ1) is 18.2. The second-order valence-electron chi connectivity index (χ2n) is 6.59. The topological polar surface area (TPSA) is 122 Å². The molecule has 1 unspecified atom stereocenters. The van der Waals surface area contributed by atoms with Gasteiger partial charge in [-0.15, -0.1) is 0 Å². The summed E-state index contributed by atoms with van der Waals surface area (Å²) in [7, 11) is 0. The maximum absolute atomic E-state index is 11.8. The molecule has 0 bridgehead atoms. The molecule has 0 radical (unpaired) electrons. The largest absolute Gasteiger partial charge is 0.481 e. The summed E-state index contributed by atoms with van der Waals surface area (Å²) < 4.78 is 0. The van der Waals surface area contributed by atoms with Gasteiger partial charge in [-0.1, -0.05) is 20.8 Å². The number of hydrogen-bond acceptors (Lipinski definition) is 3. The van der Waals surface area contributed by atoms with Crippen molar-refractivity contribution >= 4 is 17.9 Å². The van der Waals surface area contributed by atoms with Crippen molar-refractivity contribution in [3.8, 4) is 0 Å². The van der Waals surface area contributed by atoms with Gasteiger partial charge in [0.25, 0.3) is 0 Å². The van der Waals surface area contributed by atoms with Crippen molar-refractivity contribution < 1.29 is 19.5 Å². The van der Waals surface area contributed by atoms with E-state index in [0.29, 0.717) is 0 Å². The van der Waals surface area contributed by atoms with Crippen LogP contribution in [0, 0.1) is 10.8 Å². The van der Waals surface area contributed by atoms with Crippen molar-refractivity contribution in [1.29, 1.82) is 0 Å². The van der Waals surface area contributed by atoms with Crippen molar-refractivity contribution in [1.82, 2.24) is 10.6 Å². The SMILES string of the molecule is CC(C)(CNC(=O)NC(CC(=O)O)C(C)(C)C)C(N)=O. The number of carboxylic acids is 1. The van der Waals surface area contributed by atoms with Crippen molar-refractivity contribution in [2.24, 2.45) is 16.6 Å². The van der Waals surface area contributed by atoms with E-state index < -0.39 is 34.8 Å². The molecule has 0 spiro atoms. The van der Waals surface area contributed by atoms with E-state index in [9.17, 15) is 14.4 Å². The highest BCUT2D eigenvalue weighted by molar-refractivity contribution is 5.81. The lowest BCUT2D eigenvalue weighted by atomic mass is 9.85. The Hall–Kier alpha value is -1.79.